The predicted octanol–water partition coefficient (Wildman–Crippen LogP) is 3.71. The summed E-state index contributed by atoms with van der Waals surface area (Å²) in [5.74, 6) is -1.18. The Morgan fingerprint density at radius 3 is 1.44 bits per heavy atom. The summed E-state index contributed by atoms with van der Waals surface area (Å²) >= 11 is 0. The van der Waals surface area contributed by atoms with Crippen LogP contribution in [-0.4, -0.2) is 24.1 Å². The second-order valence-corrected chi connectivity index (χ2v) is 6.30. The van der Waals surface area contributed by atoms with E-state index in [1.807, 2.05) is 54.6 Å². The molecule has 1 N–H and O–H groups in total. The second kappa shape index (κ2) is 6.45. The Hall–Kier alpha value is -2.46. The van der Waals surface area contributed by atoms with Crippen LogP contribution in [0, 0.1) is 0 Å². The van der Waals surface area contributed by atoms with Crippen molar-refractivity contribution in [2.24, 2.45) is 0 Å². The largest absolute Gasteiger partial charge is 0.362 e. The first-order chi connectivity index (χ1) is 12.2. The molecular formula is C22H20O3. The van der Waals surface area contributed by atoms with Gasteiger partial charge in [-0.2, -0.15) is 0 Å². The molecule has 0 spiro atoms. The van der Waals surface area contributed by atoms with Crippen LogP contribution in [0.1, 0.15) is 16.7 Å². The van der Waals surface area contributed by atoms with Crippen LogP contribution in [0.5, 0.6) is 0 Å². The minimum absolute atomic E-state index is 0.103. The van der Waals surface area contributed by atoms with Crippen LogP contribution in [0.3, 0.4) is 0 Å². The van der Waals surface area contributed by atoms with E-state index >= 15 is 0 Å². The van der Waals surface area contributed by atoms with Crippen LogP contribution in [0.15, 0.2) is 91.0 Å². The lowest BCUT2D eigenvalue weighted by molar-refractivity contribution is -0.0885. The van der Waals surface area contributed by atoms with Gasteiger partial charge < -0.3 is 14.6 Å². The molecule has 3 aromatic carbocycles. The van der Waals surface area contributed by atoms with E-state index in [1.165, 1.54) is 0 Å². The summed E-state index contributed by atoms with van der Waals surface area (Å²) in [4.78, 5) is 0. The maximum absolute atomic E-state index is 10.2. The number of ether oxygens (including phenoxy) is 2. The van der Waals surface area contributed by atoms with E-state index < -0.39 is 11.4 Å². The summed E-state index contributed by atoms with van der Waals surface area (Å²) in [5.41, 5.74) is 2.22. The van der Waals surface area contributed by atoms with Crippen molar-refractivity contribution in [2.75, 3.05) is 13.2 Å². The lowest BCUT2D eigenvalue weighted by atomic mass is 9.80. The standard InChI is InChI=1S/C22H20O3/c23-21(16-24-21)17-25-22(18-10-4-1-5-11-18,19-12-6-2-7-13-19)20-14-8-3-9-15-20/h1-15,23H,16-17H2/t21-/m0/s1. The molecule has 1 saturated heterocycles. The van der Waals surface area contributed by atoms with Gasteiger partial charge in [0.1, 0.15) is 18.8 Å². The van der Waals surface area contributed by atoms with Crippen molar-refractivity contribution in [1.82, 2.24) is 0 Å². The Labute approximate surface area is 147 Å². The quantitative estimate of drug-likeness (QED) is 0.553. The first kappa shape index (κ1) is 16.0. The number of hydrogen-bond acceptors (Lipinski definition) is 3. The molecule has 0 aromatic heterocycles. The Kier molecular flexibility index (Phi) is 4.14. The van der Waals surface area contributed by atoms with Gasteiger partial charge in [0.05, 0.1) is 0 Å². The molecule has 3 aromatic rings. The fraction of sp³-hybridized carbons (Fsp3) is 0.182. The number of epoxide rings is 1. The maximum Gasteiger partial charge on any atom is 0.213 e. The van der Waals surface area contributed by atoms with E-state index in [4.69, 9.17) is 9.47 Å². The first-order valence-electron chi connectivity index (χ1n) is 8.40. The third-order valence-electron chi connectivity index (χ3n) is 4.53. The van der Waals surface area contributed by atoms with Gasteiger partial charge in [0, 0.05) is 0 Å². The molecule has 1 atom stereocenters. The second-order valence-electron chi connectivity index (χ2n) is 6.30. The normalized spacial score (nSPS) is 19.6. The lowest BCUT2D eigenvalue weighted by Gasteiger charge is -2.36. The van der Waals surface area contributed by atoms with Gasteiger partial charge in [0.2, 0.25) is 5.79 Å². The van der Waals surface area contributed by atoms with Gasteiger partial charge in [-0.05, 0) is 16.7 Å². The Morgan fingerprint density at radius 2 is 1.12 bits per heavy atom. The molecule has 0 saturated carbocycles. The Morgan fingerprint density at radius 1 is 0.760 bits per heavy atom. The molecule has 0 bridgehead atoms. The lowest BCUT2D eigenvalue weighted by Crippen LogP contribution is -2.36. The smallest absolute Gasteiger partial charge is 0.213 e. The van der Waals surface area contributed by atoms with E-state index in [1.54, 1.807) is 0 Å². The number of rotatable bonds is 6. The summed E-state index contributed by atoms with van der Waals surface area (Å²) < 4.78 is 11.6. The van der Waals surface area contributed by atoms with Gasteiger partial charge in [-0.25, -0.2) is 0 Å². The van der Waals surface area contributed by atoms with Crippen LogP contribution in [-0.2, 0) is 15.1 Å². The fourth-order valence-electron chi connectivity index (χ4n) is 3.16. The third kappa shape index (κ3) is 3.10. The third-order valence-corrected chi connectivity index (χ3v) is 4.53. The van der Waals surface area contributed by atoms with Crippen LogP contribution in [0.25, 0.3) is 0 Å². The van der Waals surface area contributed by atoms with E-state index in [2.05, 4.69) is 36.4 Å². The summed E-state index contributed by atoms with van der Waals surface area (Å²) in [5, 5.41) is 10.2. The summed E-state index contributed by atoms with van der Waals surface area (Å²) in [7, 11) is 0. The van der Waals surface area contributed by atoms with Crippen LogP contribution in [0.2, 0.25) is 0 Å². The van der Waals surface area contributed by atoms with E-state index in [-0.39, 0.29) is 6.61 Å². The highest BCUT2D eigenvalue weighted by atomic mass is 16.7. The molecule has 1 aliphatic rings. The first-order valence-corrected chi connectivity index (χ1v) is 8.40. The van der Waals surface area contributed by atoms with Gasteiger partial charge in [0.15, 0.2) is 0 Å². The highest BCUT2D eigenvalue weighted by molar-refractivity contribution is 5.47. The van der Waals surface area contributed by atoms with Crippen molar-refractivity contribution in [2.45, 2.75) is 11.4 Å². The van der Waals surface area contributed by atoms with Crippen molar-refractivity contribution in [3.63, 3.8) is 0 Å². The molecule has 3 heteroatoms. The highest BCUT2D eigenvalue weighted by Crippen LogP contribution is 2.41. The molecule has 1 heterocycles. The maximum atomic E-state index is 10.2. The highest BCUT2D eigenvalue weighted by Gasteiger charge is 2.47. The van der Waals surface area contributed by atoms with Gasteiger partial charge in [-0.15, -0.1) is 0 Å². The average Bonchev–Trinajstić information content (AvgIpc) is 3.42. The van der Waals surface area contributed by atoms with Crippen molar-refractivity contribution < 1.29 is 14.6 Å². The topological polar surface area (TPSA) is 42.0 Å². The molecular weight excluding hydrogens is 312 g/mol. The average molecular weight is 332 g/mol. The molecule has 0 unspecified atom stereocenters. The predicted molar refractivity (Wildman–Crippen MR) is 96.1 cm³/mol. The molecule has 0 radical (unpaired) electrons. The van der Waals surface area contributed by atoms with Crippen LogP contribution in [0.4, 0.5) is 0 Å². The molecule has 4 rings (SSSR count). The number of benzene rings is 3. The van der Waals surface area contributed by atoms with Crippen molar-refractivity contribution in [3.8, 4) is 0 Å². The molecule has 1 fully saturated rings. The fourth-order valence-corrected chi connectivity index (χ4v) is 3.16. The zero-order valence-electron chi connectivity index (χ0n) is 13.8. The molecule has 0 amide bonds. The van der Waals surface area contributed by atoms with Crippen molar-refractivity contribution in [3.05, 3.63) is 108 Å². The van der Waals surface area contributed by atoms with Crippen LogP contribution >= 0.6 is 0 Å². The van der Waals surface area contributed by atoms with Crippen molar-refractivity contribution in [1.29, 1.82) is 0 Å². The van der Waals surface area contributed by atoms with Gasteiger partial charge in [0.25, 0.3) is 0 Å². The Bertz CT molecular complexity index is 715. The molecule has 3 nitrogen and oxygen atoms in total. The zero-order chi connectivity index (χ0) is 17.2. The van der Waals surface area contributed by atoms with Gasteiger partial charge >= 0.3 is 0 Å². The number of hydrogen-bond donors (Lipinski definition) is 1. The number of aliphatic hydroxyl groups is 1. The van der Waals surface area contributed by atoms with Crippen molar-refractivity contribution >= 4 is 0 Å². The van der Waals surface area contributed by atoms with E-state index in [0.717, 1.165) is 16.7 Å². The summed E-state index contributed by atoms with van der Waals surface area (Å²) in [6.07, 6.45) is 0. The van der Waals surface area contributed by atoms with E-state index in [0.29, 0.717) is 6.61 Å². The minimum atomic E-state index is -1.18. The molecule has 126 valence electrons. The monoisotopic (exact) mass is 332 g/mol. The van der Waals surface area contributed by atoms with Gasteiger partial charge in [-0.3, -0.25) is 0 Å². The minimum Gasteiger partial charge on any atom is -0.362 e. The molecule has 25 heavy (non-hydrogen) atoms. The molecule has 0 aliphatic carbocycles. The van der Waals surface area contributed by atoms with E-state index in [9.17, 15) is 5.11 Å². The zero-order valence-corrected chi connectivity index (χ0v) is 13.8. The summed E-state index contributed by atoms with van der Waals surface area (Å²) in [6, 6.07) is 30.3. The summed E-state index contributed by atoms with van der Waals surface area (Å²) in [6.45, 7) is 0.410. The SMILES string of the molecule is O[C@@]1(COC(c2ccccc2)(c2ccccc2)c2ccccc2)CO1. The van der Waals surface area contributed by atoms with Crippen LogP contribution < -0.4 is 0 Å². The van der Waals surface area contributed by atoms with Gasteiger partial charge in [-0.1, -0.05) is 91.0 Å². The molecule has 1 aliphatic heterocycles. The Balaban J connectivity index is 1.90.